The summed E-state index contributed by atoms with van der Waals surface area (Å²) in [5.74, 6) is 0. The Hall–Kier alpha value is -1.56. The minimum atomic E-state index is 0.0856. The molecule has 0 spiro atoms. The predicted octanol–water partition coefficient (Wildman–Crippen LogP) is 7.68. The summed E-state index contributed by atoms with van der Waals surface area (Å²) < 4.78 is 0. The van der Waals surface area contributed by atoms with E-state index in [1.165, 1.54) is 28.7 Å². The van der Waals surface area contributed by atoms with E-state index < -0.39 is 0 Å². The summed E-state index contributed by atoms with van der Waals surface area (Å²) in [6, 6.07) is 9.02. The van der Waals surface area contributed by atoms with Gasteiger partial charge in [-0.25, -0.2) is 0 Å². The van der Waals surface area contributed by atoms with Gasteiger partial charge in [0.15, 0.2) is 0 Å². The van der Waals surface area contributed by atoms with Crippen molar-refractivity contribution in [1.82, 2.24) is 0 Å². The predicted molar refractivity (Wildman–Crippen MR) is 109 cm³/mol. The molecule has 0 bridgehead atoms. The van der Waals surface area contributed by atoms with E-state index in [2.05, 4.69) is 84.5 Å². The Morgan fingerprint density at radius 1 is 1.08 bits per heavy atom. The molecule has 0 amide bonds. The van der Waals surface area contributed by atoms with Crippen molar-refractivity contribution in [3.63, 3.8) is 0 Å². The van der Waals surface area contributed by atoms with Crippen LogP contribution < -0.4 is 0 Å². The van der Waals surface area contributed by atoms with Crippen molar-refractivity contribution in [3.8, 4) is 0 Å². The quantitative estimate of drug-likeness (QED) is 0.488. The van der Waals surface area contributed by atoms with Gasteiger partial charge in [-0.2, -0.15) is 0 Å². The molecule has 0 N–H and O–H groups in total. The highest BCUT2D eigenvalue weighted by atomic mass is 14.5. The van der Waals surface area contributed by atoms with Crippen LogP contribution in [0.25, 0.3) is 11.1 Å². The zero-order valence-corrected chi connectivity index (χ0v) is 16.5. The molecular formula is C24H34. The molecule has 0 unspecified atom stereocenters. The number of allylic oxidation sites excluding steroid dienone is 5. The van der Waals surface area contributed by atoms with E-state index >= 15 is 0 Å². The molecule has 0 fully saturated rings. The van der Waals surface area contributed by atoms with Crippen LogP contribution in [0, 0.1) is 10.8 Å². The molecule has 0 radical (unpaired) electrons. The fraction of sp³-hybridized carbons (Fsp3) is 0.500. The third-order valence-electron chi connectivity index (χ3n) is 5.97. The summed E-state index contributed by atoms with van der Waals surface area (Å²) in [5, 5.41) is 0. The third kappa shape index (κ3) is 3.29. The molecule has 0 aromatic heterocycles. The van der Waals surface area contributed by atoms with E-state index in [-0.39, 0.29) is 5.41 Å². The van der Waals surface area contributed by atoms with Gasteiger partial charge in [-0.3, -0.25) is 0 Å². The molecule has 130 valence electrons. The van der Waals surface area contributed by atoms with Crippen LogP contribution in [0.15, 0.2) is 48.6 Å². The fourth-order valence-electron chi connectivity index (χ4n) is 4.20. The summed E-state index contributed by atoms with van der Waals surface area (Å²) in [7, 11) is 0. The zero-order chi connectivity index (χ0) is 18.0. The van der Waals surface area contributed by atoms with Crippen LogP contribution in [0.4, 0.5) is 0 Å². The topological polar surface area (TPSA) is 0 Å². The maximum Gasteiger partial charge on any atom is 0.0113 e. The minimum absolute atomic E-state index is 0.0856. The van der Waals surface area contributed by atoms with Crippen LogP contribution in [0.2, 0.25) is 0 Å². The number of benzene rings is 1. The Morgan fingerprint density at radius 2 is 1.71 bits per heavy atom. The Balaban J connectivity index is 2.47. The van der Waals surface area contributed by atoms with Crippen molar-refractivity contribution in [2.75, 3.05) is 0 Å². The summed E-state index contributed by atoms with van der Waals surface area (Å²) >= 11 is 0. The Labute approximate surface area is 149 Å². The maximum absolute atomic E-state index is 4.16. The lowest BCUT2D eigenvalue weighted by Gasteiger charge is -2.46. The molecule has 0 saturated heterocycles. The molecular weight excluding hydrogens is 288 g/mol. The SMILES string of the molecule is C=C(CC)c1ccc(C2=CC[C@](C)(CC)/C(=C\CC)C2(C)C)cc1. The molecule has 1 aromatic rings. The first-order valence-corrected chi connectivity index (χ1v) is 9.50. The van der Waals surface area contributed by atoms with Crippen LogP contribution in [-0.4, -0.2) is 0 Å². The largest absolute Gasteiger partial charge is 0.0952 e. The van der Waals surface area contributed by atoms with E-state index in [1.807, 2.05) is 0 Å². The molecule has 1 aliphatic carbocycles. The van der Waals surface area contributed by atoms with Crippen molar-refractivity contribution in [2.24, 2.45) is 10.8 Å². The average Bonchev–Trinajstić information content (AvgIpc) is 2.58. The van der Waals surface area contributed by atoms with Crippen molar-refractivity contribution in [1.29, 1.82) is 0 Å². The Morgan fingerprint density at radius 3 is 2.21 bits per heavy atom. The van der Waals surface area contributed by atoms with Gasteiger partial charge >= 0.3 is 0 Å². The van der Waals surface area contributed by atoms with Crippen molar-refractivity contribution in [3.05, 3.63) is 59.7 Å². The van der Waals surface area contributed by atoms with Gasteiger partial charge in [0.1, 0.15) is 0 Å². The lowest BCUT2D eigenvalue weighted by atomic mass is 9.58. The Kier molecular flexibility index (Phi) is 5.58. The molecule has 0 heterocycles. The van der Waals surface area contributed by atoms with Gasteiger partial charge in [0, 0.05) is 5.41 Å². The Bertz CT molecular complexity index is 652. The maximum atomic E-state index is 4.16. The molecule has 1 atom stereocenters. The second-order valence-electron chi connectivity index (χ2n) is 7.92. The van der Waals surface area contributed by atoms with Crippen LogP contribution >= 0.6 is 0 Å². The first-order valence-electron chi connectivity index (χ1n) is 9.50. The molecule has 1 aliphatic rings. The minimum Gasteiger partial charge on any atom is -0.0952 e. The molecule has 0 saturated carbocycles. The van der Waals surface area contributed by atoms with Gasteiger partial charge in [-0.1, -0.05) is 90.1 Å². The number of hydrogen-bond acceptors (Lipinski definition) is 0. The van der Waals surface area contributed by atoms with Crippen LogP contribution in [0.5, 0.6) is 0 Å². The second-order valence-corrected chi connectivity index (χ2v) is 7.92. The smallest absolute Gasteiger partial charge is 0.0113 e. The first-order chi connectivity index (χ1) is 11.3. The number of rotatable bonds is 5. The second kappa shape index (κ2) is 7.13. The van der Waals surface area contributed by atoms with E-state index in [4.69, 9.17) is 0 Å². The summed E-state index contributed by atoms with van der Waals surface area (Å²) in [6.07, 6.45) is 9.41. The monoisotopic (exact) mass is 322 g/mol. The van der Waals surface area contributed by atoms with Gasteiger partial charge in [0.25, 0.3) is 0 Å². The lowest BCUT2D eigenvalue weighted by molar-refractivity contribution is 0.310. The van der Waals surface area contributed by atoms with Crippen LogP contribution in [0.3, 0.4) is 0 Å². The highest BCUT2D eigenvalue weighted by Crippen LogP contribution is 2.55. The fourth-order valence-corrected chi connectivity index (χ4v) is 4.20. The van der Waals surface area contributed by atoms with Gasteiger partial charge in [0.2, 0.25) is 0 Å². The average molecular weight is 323 g/mol. The molecule has 0 nitrogen and oxygen atoms in total. The molecule has 0 aliphatic heterocycles. The van der Waals surface area contributed by atoms with E-state index in [0.29, 0.717) is 5.41 Å². The summed E-state index contributed by atoms with van der Waals surface area (Å²) in [5.41, 5.74) is 7.29. The highest BCUT2D eigenvalue weighted by Gasteiger charge is 2.41. The first kappa shape index (κ1) is 18.8. The van der Waals surface area contributed by atoms with Gasteiger partial charge in [-0.15, -0.1) is 0 Å². The molecule has 0 heteroatoms. The van der Waals surface area contributed by atoms with Crippen LogP contribution in [0.1, 0.15) is 78.4 Å². The van der Waals surface area contributed by atoms with Crippen molar-refractivity contribution < 1.29 is 0 Å². The standard InChI is InChI=1S/C24H34/c1-8-11-22-23(5,6)21(16-17-24(22,7)10-3)20-14-12-19(13-15-20)18(4)9-2/h11-16H,4,8-10,17H2,1-3,5-7H3/b22-11-/t24-/m0/s1. The number of hydrogen-bond donors (Lipinski definition) is 0. The van der Waals surface area contributed by atoms with Crippen molar-refractivity contribution in [2.45, 2.75) is 67.2 Å². The summed E-state index contributed by atoms with van der Waals surface area (Å²) in [6.45, 7) is 18.1. The summed E-state index contributed by atoms with van der Waals surface area (Å²) in [4.78, 5) is 0. The lowest BCUT2D eigenvalue weighted by Crippen LogP contribution is -2.33. The normalized spacial score (nSPS) is 24.8. The zero-order valence-electron chi connectivity index (χ0n) is 16.5. The molecule has 24 heavy (non-hydrogen) atoms. The third-order valence-corrected chi connectivity index (χ3v) is 5.97. The van der Waals surface area contributed by atoms with E-state index in [1.54, 1.807) is 5.57 Å². The van der Waals surface area contributed by atoms with E-state index in [9.17, 15) is 0 Å². The van der Waals surface area contributed by atoms with Crippen LogP contribution in [-0.2, 0) is 0 Å². The molecule has 2 rings (SSSR count). The van der Waals surface area contributed by atoms with Gasteiger partial charge < -0.3 is 0 Å². The van der Waals surface area contributed by atoms with E-state index in [0.717, 1.165) is 19.3 Å². The van der Waals surface area contributed by atoms with Gasteiger partial charge in [-0.05, 0) is 53.4 Å². The molecule has 1 aromatic carbocycles. The van der Waals surface area contributed by atoms with Crippen molar-refractivity contribution >= 4 is 11.1 Å². The highest BCUT2D eigenvalue weighted by molar-refractivity contribution is 5.76. The van der Waals surface area contributed by atoms with Gasteiger partial charge in [0.05, 0.1) is 0 Å².